The number of ether oxygens (including phenoxy) is 1. The number of rotatable bonds is 3. The minimum atomic E-state index is -0.561. The Bertz CT molecular complexity index is 933. The first kappa shape index (κ1) is 14.7. The standard InChI is InChI=1S/C16H13FN4O2/c1-3-9-6-13(17)11(8-12(9)15(22)23-2)10-4-5-21-14(7-10)19-16(18)20-21/h3-8H,1H2,2H3,(H2,18,20). The first-order valence-electron chi connectivity index (χ1n) is 6.70. The summed E-state index contributed by atoms with van der Waals surface area (Å²) in [5.74, 6) is -0.918. The third kappa shape index (κ3) is 2.52. The summed E-state index contributed by atoms with van der Waals surface area (Å²) >= 11 is 0. The van der Waals surface area contributed by atoms with Crippen molar-refractivity contribution in [1.82, 2.24) is 14.6 Å². The molecule has 7 heteroatoms. The van der Waals surface area contributed by atoms with E-state index in [0.717, 1.165) is 0 Å². The molecular formula is C16H13FN4O2. The summed E-state index contributed by atoms with van der Waals surface area (Å²) in [6, 6.07) is 5.98. The van der Waals surface area contributed by atoms with Crippen molar-refractivity contribution >= 4 is 23.6 Å². The molecule has 0 saturated carbocycles. The number of benzene rings is 1. The highest BCUT2D eigenvalue weighted by Gasteiger charge is 2.16. The van der Waals surface area contributed by atoms with E-state index in [9.17, 15) is 9.18 Å². The van der Waals surface area contributed by atoms with Crippen molar-refractivity contribution in [2.24, 2.45) is 0 Å². The van der Waals surface area contributed by atoms with E-state index in [0.29, 0.717) is 16.8 Å². The van der Waals surface area contributed by atoms with E-state index in [1.807, 2.05) is 0 Å². The highest BCUT2D eigenvalue weighted by molar-refractivity contribution is 5.95. The Kier molecular flexibility index (Phi) is 3.53. The average Bonchev–Trinajstić information content (AvgIpc) is 2.92. The van der Waals surface area contributed by atoms with Crippen LogP contribution < -0.4 is 5.73 Å². The van der Waals surface area contributed by atoms with Gasteiger partial charge in [0, 0.05) is 11.8 Å². The van der Waals surface area contributed by atoms with Crippen LogP contribution in [0.4, 0.5) is 10.3 Å². The second-order valence-corrected chi connectivity index (χ2v) is 4.80. The second kappa shape index (κ2) is 5.53. The highest BCUT2D eigenvalue weighted by Crippen LogP contribution is 2.28. The Labute approximate surface area is 131 Å². The molecule has 1 aromatic carbocycles. The number of hydrogen-bond donors (Lipinski definition) is 1. The second-order valence-electron chi connectivity index (χ2n) is 4.80. The number of halogens is 1. The van der Waals surface area contributed by atoms with Gasteiger partial charge in [-0.05, 0) is 35.4 Å². The van der Waals surface area contributed by atoms with Crippen molar-refractivity contribution in [3.63, 3.8) is 0 Å². The lowest BCUT2D eigenvalue weighted by atomic mass is 9.99. The van der Waals surface area contributed by atoms with Gasteiger partial charge in [0.2, 0.25) is 5.95 Å². The quantitative estimate of drug-likeness (QED) is 0.752. The van der Waals surface area contributed by atoms with Gasteiger partial charge in [-0.2, -0.15) is 4.98 Å². The zero-order chi connectivity index (χ0) is 16.6. The zero-order valence-electron chi connectivity index (χ0n) is 12.3. The van der Waals surface area contributed by atoms with Gasteiger partial charge in [-0.1, -0.05) is 12.7 Å². The number of esters is 1. The maximum absolute atomic E-state index is 14.4. The topological polar surface area (TPSA) is 82.5 Å². The number of carbonyl (C=O) groups excluding carboxylic acids is 1. The van der Waals surface area contributed by atoms with Crippen LogP contribution in [0, 0.1) is 5.82 Å². The molecule has 0 aliphatic heterocycles. The van der Waals surface area contributed by atoms with Gasteiger partial charge in [0.25, 0.3) is 0 Å². The lowest BCUT2D eigenvalue weighted by molar-refractivity contribution is 0.0600. The smallest absolute Gasteiger partial charge is 0.338 e. The Morgan fingerprint density at radius 2 is 2.22 bits per heavy atom. The number of anilines is 1. The molecule has 3 aromatic rings. The van der Waals surface area contributed by atoms with Crippen LogP contribution >= 0.6 is 0 Å². The fourth-order valence-electron chi connectivity index (χ4n) is 2.33. The number of nitrogens with zero attached hydrogens (tertiary/aromatic N) is 3. The lowest BCUT2D eigenvalue weighted by Crippen LogP contribution is -2.05. The number of methoxy groups -OCH3 is 1. The van der Waals surface area contributed by atoms with Crippen LogP contribution in [0.15, 0.2) is 37.0 Å². The predicted molar refractivity (Wildman–Crippen MR) is 84.2 cm³/mol. The predicted octanol–water partition coefficient (Wildman–Crippen LogP) is 2.55. The van der Waals surface area contributed by atoms with Gasteiger partial charge >= 0.3 is 5.97 Å². The molecule has 2 heterocycles. The number of nitrogen functional groups attached to an aromatic ring is 1. The molecule has 116 valence electrons. The summed E-state index contributed by atoms with van der Waals surface area (Å²) < 4.78 is 20.6. The van der Waals surface area contributed by atoms with E-state index in [1.54, 1.807) is 18.3 Å². The molecule has 2 aromatic heterocycles. The van der Waals surface area contributed by atoms with E-state index >= 15 is 0 Å². The van der Waals surface area contributed by atoms with E-state index < -0.39 is 11.8 Å². The van der Waals surface area contributed by atoms with Gasteiger partial charge in [-0.25, -0.2) is 13.7 Å². The number of hydrogen-bond acceptors (Lipinski definition) is 5. The first-order valence-corrected chi connectivity index (χ1v) is 6.70. The molecule has 0 spiro atoms. The highest BCUT2D eigenvalue weighted by atomic mass is 19.1. The van der Waals surface area contributed by atoms with E-state index in [2.05, 4.69) is 16.7 Å². The Balaban J connectivity index is 2.20. The van der Waals surface area contributed by atoms with Crippen molar-refractivity contribution in [3.8, 4) is 11.1 Å². The average molecular weight is 312 g/mol. The van der Waals surface area contributed by atoms with Crippen LogP contribution in [0.3, 0.4) is 0 Å². The molecule has 0 atom stereocenters. The monoisotopic (exact) mass is 312 g/mol. The minimum absolute atomic E-state index is 0.125. The molecule has 0 unspecified atom stereocenters. The number of fused-ring (bicyclic) bond motifs is 1. The summed E-state index contributed by atoms with van der Waals surface area (Å²) in [5, 5.41) is 3.96. The molecule has 23 heavy (non-hydrogen) atoms. The zero-order valence-corrected chi connectivity index (χ0v) is 12.3. The number of nitrogens with two attached hydrogens (primary N) is 1. The molecule has 2 N–H and O–H groups in total. The maximum Gasteiger partial charge on any atom is 0.338 e. The molecule has 0 amide bonds. The number of carbonyl (C=O) groups is 1. The van der Waals surface area contributed by atoms with Crippen LogP contribution in [0.2, 0.25) is 0 Å². The van der Waals surface area contributed by atoms with Crippen LogP contribution in [0.5, 0.6) is 0 Å². The van der Waals surface area contributed by atoms with Crippen molar-refractivity contribution in [2.75, 3.05) is 12.8 Å². The van der Waals surface area contributed by atoms with Crippen molar-refractivity contribution in [2.45, 2.75) is 0 Å². The van der Waals surface area contributed by atoms with E-state index in [1.165, 1.54) is 29.8 Å². The first-order chi connectivity index (χ1) is 11.0. The van der Waals surface area contributed by atoms with Gasteiger partial charge < -0.3 is 10.5 Å². The molecule has 0 radical (unpaired) electrons. The Morgan fingerprint density at radius 3 is 2.91 bits per heavy atom. The van der Waals surface area contributed by atoms with Gasteiger partial charge in [-0.3, -0.25) is 0 Å². The van der Waals surface area contributed by atoms with E-state index in [4.69, 9.17) is 10.5 Å². The fraction of sp³-hybridized carbons (Fsp3) is 0.0625. The maximum atomic E-state index is 14.4. The van der Waals surface area contributed by atoms with Crippen LogP contribution in [-0.4, -0.2) is 27.7 Å². The summed E-state index contributed by atoms with van der Waals surface area (Å²) in [7, 11) is 1.27. The third-order valence-corrected chi connectivity index (χ3v) is 3.43. The van der Waals surface area contributed by atoms with Gasteiger partial charge in [0.15, 0.2) is 5.65 Å². The number of aromatic nitrogens is 3. The summed E-state index contributed by atoms with van der Waals surface area (Å²) in [6.45, 7) is 3.59. The third-order valence-electron chi connectivity index (χ3n) is 3.43. The Hall–Kier alpha value is -3.22. The summed E-state index contributed by atoms with van der Waals surface area (Å²) in [4.78, 5) is 15.9. The van der Waals surface area contributed by atoms with Gasteiger partial charge in [-0.15, -0.1) is 5.10 Å². The molecule has 0 saturated heterocycles. The van der Waals surface area contributed by atoms with Crippen molar-refractivity contribution < 1.29 is 13.9 Å². The largest absolute Gasteiger partial charge is 0.465 e. The fourth-order valence-corrected chi connectivity index (χ4v) is 2.33. The minimum Gasteiger partial charge on any atom is -0.465 e. The summed E-state index contributed by atoms with van der Waals surface area (Å²) in [5.41, 5.74) is 7.42. The summed E-state index contributed by atoms with van der Waals surface area (Å²) in [6.07, 6.45) is 3.02. The van der Waals surface area contributed by atoms with Crippen LogP contribution in [0.1, 0.15) is 15.9 Å². The molecule has 6 nitrogen and oxygen atoms in total. The van der Waals surface area contributed by atoms with Gasteiger partial charge in [0.1, 0.15) is 5.82 Å². The SMILES string of the molecule is C=Cc1cc(F)c(-c2ccn3nc(N)nc3c2)cc1C(=O)OC. The van der Waals surface area contributed by atoms with Crippen molar-refractivity contribution in [3.05, 3.63) is 54.0 Å². The van der Waals surface area contributed by atoms with Gasteiger partial charge in [0.05, 0.1) is 12.7 Å². The molecular weight excluding hydrogens is 299 g/mol. The van der Waals surface area contributed by atoms with Crippen LogP contribution in [-0.2, 0) is 4.74 Å². The molecule has 3 rings (SSSR count). The molecule has 0 bridgehead atoms. The normalized spacial score (nSPS) is 10.7. The molecule has 0 fully saturated rings. The van der Waals surface area contributed by atoms with Crippen LogP contribution in [0.25, 0.3) is 22.9 Å². The van der Waals surface area contributed by atoms with E-state index in [-0.39, 0.29) is 17.1 Å². The Morgan fingerprint density at radius 1 is 1.43 bits per heavy atom. The number of pyridine rings is 1. The molecule has 0 aliphatic carbocycles. The molecule has 0 aliphatic rings. The van der Waals surface area contributed by atoms with Crippen molar-refractivity contribution in [1.29, 1.82) is 0 Å². The lowest BCUT2D eigenvalue weighted by Gasteiger charge is -2.09.